The molecule has 1 N–H and O–H groups in total. The maximum atomic E-state index is 12.4. The molecule has 6 nitrogen and oxygen atoms in total. The molecule has 24 heavy (non-hydrogen) atoms. The highest BCUT2D eigenvalue weighted by Crippen LogP contribution is 2.27. The fourth-order valence-electron chi connectivity index (χ4n) is 2.55. The Morgan fingerprint density at radius 3 is 2.71 bits per heavy atom. The van der Waals surface area contributed by atoms with Gasteiger partial charge in [0, 0.05) is 12.1 Å². The standard InChI is InChI=1S/C17H17N3O3S/c1-4-11-5-7-20(8-6-11)9-12-18-15(21)13-10(2)14(17(22)23-3)24-16(13)19-12/h5-8H,4,9H2,1-3H3/p+1. The summed E-state index contributed by atoms with van der Waals surface area (Å²) in [6, 6.07) is 4.09. The monoisotopic (exact) mass is 344 g/mol. The van der Waals surface area contributed by atoms with E-state index in [0.717, 1.165) is 6.42 Å². The molecule has 0 aliphatic rings. The van der Waals surface area contributed by atoms with E-state index >= 15 is 0 Å². The summed E-state index contributed by atoms with van der Waals surface area (Å²) in [5.74, 6) is 0.111. The first kappa shape index (κ1) is 16.3. The molecule has 7 heteroatoms. The highest BCUT2D eigenvalue weighted by Gasteiger charge is 2.20. The van der Waals surface area contributed by atoms with Gasteiger partial charge in [0.1, 0.15) is 9.71 Å². The predicted molar refractivity (Wildman–Crippen MR) is 91.4 cm³/mol. The molecule has 0 saturated heterocycles. The molecule has 124 valence electrons. The zero-order valence-electron chi connectivity index (χ0n) is 13.8. The summed E-state index contributed by atoms with van der Waals surface area (Å²) in [6.45, 7) is 4.30. The van der Waals surface area contributed by atoms with Gasteiger partial charge in [-0.25, -0.2) is 9.78 Å². The fraction of sp³-hybridized carbons (Fsp3) is 0.294. The molecule has 0 aliphatic carbocycles. The van der Waals surface area contributed by atoms with E-state index in [-0.39, 0.29) is 5.56 Å². The van der Waals surface area contributed by atoms with Crippen LogP contribution >= 0.6 is 11.3 Å². The molecular formula is C17H18N3O3S+. The number of ether oxygens (including phenoxy) is 1. The second-order valence-electron chi connectivity index (χ2n) is 5.47. The topological polar surface area (TPSA) is 75.9 Å². The number of pyridine rings is 1. The van der Waals surface area contributed by atoms with E-state index in [9.17, 15) is 9.59 Å². The van der Waals surface area contributed by atoms with Crippen LogP contribution in [0.2, 0.25) is 0 Å². The van der Waals surface area contributed by atoms with E-state index in [1.54, 1.807) is 6.92 Å². The molecule has 0 aliphatic heterocycles. The lowest BCUT2D eigenvalue weighted by Gasteiger charge is -1.99. The number of nitrogens with zero attached hydrogens (tertiary/aromatic N) is 2. The number of fused-ring (bicyclic) bond motifs is 1. The van der Waals surface area contributed by atoms with Gasteiger partial charge in [0.15, 0.2) is 18.2 Å². The molecule has 3 aromatic heterocycles. The van der Waals surface area contributed by atoms with Crippen molar-refractivity contribution in [3.63, 3.8) is 0 Å². The molecule has 0 fully saturated rings. The number of hydrogen-bond acceptors (Lipinski definition) is 5. The normalized spacial score (nSPS) is 11.0. The first-order valence-electron chi connectivity index (χ1n) is 7.62. The van der Waals surface area contributed by atoms with Gasteiger partial charge in [0.2, 0.25) is 6.54 Å². The number of aromatic amines is 1. The summed E-state index contributed by atoms with van der Waals surface area (Å²) >= 11 is 1.19. The van der Waals surface area contributed by atoms with Crippen LogP contribution in [0.5, 0.6) is 0 Å². The van der Waals surface area contributed by atoms with Crippen molar-refractivity contribution in [1.29, 1.82) is 0 Å². The first-order chi connectivity index (χ1) is 11.5. The summed E-state index contributed by atoms with van der Waals surface area (Å²) in [5, 5.41) is 0.454. The molecule has 0 aromatic carbocycles. The number of thiophene rings is 1. The maximum absolute atomic E-state index is 12.4. The second kappa shape index (κ2) is 6.52. The number of H-pyrrole nitrogens is 1. The van der Waals surface area contributed by atoms with Crippen molar-refractivity contribution in [3.8, 4) is 0 Å². The van der Waals surface area contributed by atoms with Crippen LogP contribution in [0.1, 0.15) is 33.5 Å². The van der Waals surface area contributed by atoms with E-state index in [1.807, 2.05) is 29.1 Å². The molecular weight excluding hydrogens is 326 g/mol. The lowest BCUT2D eigenvalue weighted by molar-refractivity contribution is -0.689. The second-order valence-corrected chi connectivity index (χ2v) is 6.47. The largest absolute Gasteiger partial charge is 0.465 e. The summed E-state index contributed by atoms with van der Waals surface area (Å²) in [7, 11) is 1.33. The predicted octanol–water partition coefficient (Wildman–Crippen LogP) is 1.98. The van der Waals surface area contributed by atoms with E-state index in [2.05, 4.69) is 16.9 Å². The molecule has 3 heterocycles. The third-order valence-corrected chi connectivity index (χ3v) is 5.09. The summed E-state index contributed by atoms with van der Waals surface area (Å²) in [4.78, 5) is 32.5. The summed E-state index contributed by atoms with van der Waals surface area (Å²) in [5.41, 5.74) is 1.63. The number of aromatic nitrogens is 3. The zero-order chi connectivity index (χ0) is 17.3. The van der Waals surface area contributed by atoms with Crippen LogP contribution in [0.4, 0.5) is 0 Å². The van der Waals surface area contributed by atoms with Crippen molar-refractivity contribution in [1.82, 2.24) is 9.97 Å². The molecule has 0 spiro atoms. The number of nitrogens with one attached hydrogen (secondary N) is 1. The highest BCUT2D eigenvalue weighted by molar-refractivity contribution is 7.20. The number of carbonyl (C=O) groups excluding carboxylic acids is 1. The lowest BCUT2D eigenvalue weighted by Crippen LogP contribution is -2.35. The number of aryl methyl sites for hydroxylation is 2. The van der Waals surface area contributed by atoms with Crippen LogP contribution in [0.25, 0.3) is 10.2 Å². The van der Waals surface area contributed by atoms with Crippen LogP contribution in [0.15, 0.2) is 29.3 Å². The van der Waals surface area contributed by atoms with Gasteiger partial charge < -0.3 is 9.72 Å². The van der Waals surface area contributed by atoms with Gasteiger partial charge in [-0.3, -0.25) is 4.79 Å². The number of carbonyl (C=O) groups is 1. The van der Waals surface area contributed by atoms with E-state index in [1.165, 1.54) is 24.0 Å². The van der Waals surface area contributed by atoms with Crippen LogP contribution in [-0.4, -0.2) is 23.0 Å². The average Bonchev–Trinajstić information content (AvgIpc) is 2.92. The van der Waals surface area contributed by atoms with Crippen LogP contribution in [0, 0.1) is 6.92 Å². The van der Waals surface area contributed by atoms with Gasteiger partial charge in [-0.15, -0.1) is 11.3 Å². The fourth-order valence-corrected chi connectivity index (χ4v) is 3.67. The van der Waals surface area contributed by atoms with Crippen molar-refractivity contribution < 1.29 is 14.1 Å². The van der Waals surface area contributed by atoms with Gasteiger partial charge in [-0.2, -0.15) is 4.57 Å². The minimum Gasteiger partial charge on any atom is -0.465 e. The highest BCUT2D eigenvalue weighted by atomic mass is 32.1. The Kier molecular flexibility index (Phi) is 4.44. The molecule has 0 radical (unpaired) electrons. The Bertz CT molecular complexity index is 958. The minimum atomic E-state index is -0.444. The lowest BCUT2D eigenvalue weighted by atomic mass is 10.2. The number of hydrogen-bond donors (Lipinski definition) is 1. The molecule has 3 rings (SSSR count). The third-order valence-electron chi connectivity index (χ3n) is 3.92. The van der Waals surface area contributed by atoms with Gasteiger partial charge >= 0.3 is 5.97 Å². The van der Waals surface area contributed by atoms with Crippen LogP contribution in [0.3, 0.4) is 0 Å². The summed E-state index contributed by atoms with van der Waals surface area (Å²) in [6.07, 6.45) is 4.90. The van der Waals surface area contributed by atoms with Crippen molar-refractivity contribution in [2.24, 2.45) is 0 Å². The Hall–Kier alpha value is -2.54. The van der Waals surface area contributed by atoms with Crippen LogP contribution in [-0.2, 0) is 17.7 Å². The van der Waals surface area contributed by atoms with Crippen molar-refractivity contribution in [3.05, 3.63) is 56.7 Å². The van der Waals surface area contributed by atoms with Crippen molar-refractivity contribution >= 4 is 27.5 Å². The van der Waals surface area contributed by atoms with Gasteiger partial charge in [0.25, 0.3) is 5.56 Å². The van der Waals surface area contributed by atoms with Gasteiger partial charge in [0.05, 0.1) is 12.5 Å². The first-order valence-corrected chi connectivity index (χ1v) is 8.43. The van der Waals surface area contributed by atoms with Crippen LogP contribution < -0.4 is 10.1 Å². The molecule has 0 saturated carbocycles. The maximum Gasteiger partial charge on any atom is 0.348 e. The molecule has 0 amide bonds. The SMILES string of the molecule is CCc1cc[n+](Cc2nc3sc(C(=O)OC)c(C)c3c(=O)[nH]2)cc1. The van der Waals surface area contributed by atoms with Gasteiger partial charge in [-0.1, -0.05) is 6.92 Å². The Labute approximate surface area is 142 Å². The van der Waals surface area contributed by atoms with Crippen molar-refractivity contribution in [2.75, 3.05) is 7.11 Å². The van der Waals surface area contributed by atoms with E-state index < -0.39 is 5.97 Å². The molecule has 0 unspecified atom stereocenters. The molecule has 0 bridgehead atoms. The van der Waals surface area contributed by atoms with Crippen molar-refractivity contribution in [2.45, 2.75) is 26.8 Å². The Balaban J connectivity index is 2.00. The number of esters is 1. The smallest absolute Gasteiger partial charge is 0.348 e. The van der Waals surface area contributed by atoms with E-state index in [0.29, 0.717) is 33.0 Å². The Morgan fingerprint density at radius 2 is 2.08 bits per heavy atom. The zero-order valence-corrected chi connectivity index (χ0v) is 14.6. The Morgan fingerprint density at radius 1 is 1.38 bits per heavy atom. The van der Waals surface area contributed by atoms with E-state index in [4.69, 9.17) is 4.74 Å². The third kappa shape index (κ3) is 2.94. The minimum absolute atomic E-state index is 0.232. The number of methoxy groups -OCH3 is 1. The van der Waals surface area contributed by atoms with Gasteiger partial charge in [-0.05, 0) is 24.5 Å². The molecule has 0 atom stereocenters. The number of rotatable bonds is 4. The molecule has 3 aromatic rings. The summed E-state index contributed by atoms with van der Waals surface area (Å²) < 4.78 is 6.71. The quantitative estimate of drug-likeness (QED) is 0.580. The average molecular weight is 344 g/mol.